The molecule has 0 spiro atoms. The number of ether oxygens (including phenoxy) is 3. The molecule has 0 aliphatic carbocycles. The smallest absolute Gasteiger partial charge is 0.274 e. The Labute approximate surface area is 175 Å². The third-order valence-corrected chi connectivity index (χ3v) is 4.55. The van der Waals surface area contributed by atoms with E-state index in [0.29, 0.717) is 36.1 Å². The summed E-state index contributed by atoms with van der Waals surface area (Å²) in [7, 11) is 3.19. The number of carbonyl (C=O) groups is 1. The molecule has 0 aliphatic rings. The molecule has 8 heteroatoms. The molecule has 8 nitrogen and oxygen atoms in total. The van der Waals surface area contributed by atoms with E-state index < -0.39 is 0 Å². The van der Waals surface area contributed by atoms with Crippen molar-refractivity contribution < 1.29 is 19.0 Å². The van der Waals surface area contributed by atoms with Crippen LogP contribution in [0.4, 0.5) is 0 Å². The Kier molecular flexibility index (Phi) is 6.90. The van der Waals surface area contributed by atoms with Gasteiger partial charge in [0.15, 0.2) is 17.2 Å². The molecule has 1 N–H and O–H groups in total. The Hall–Kier alpha value is -3.55. The molecule has 0 saturated carbocycles. The number of nitrogens with zero attached hydrogens (tertiary/aromatic N) is 3. The molecule has 158 valence electrons. The lowest BCUT2D eigenvalue weighted by Gasteiger charge is -2.12. The SMILES string of the molecule is CCCOc1ccc(CNC(=O)c2nnn(-c3cccc(OC)c3)c2C)cc1OC. The van der Waals surface area contributed by atoms with Crippen molar-refractivity contribution in [1.29, 1.82) is 0 Å². The molecule has 30 heavy (non-hydrogen) atoms. The van der Waals surface area contributed by atoms with E-state index >= 15 is 0 Å². The number of hydrogen-bond donors (Lipinski definition) is 1. The first-order chi connectivity index (χ1) is 14.6. The average Bonchev–Trinajstić information content (AvgIpc) is 3.17. The molecule has 3 rings (SSSR count). The number of amides is 1. The van der Waals surface area contributed by atoms with Crippen LogP contribution in [-0.4, -0.2) is 41.7 Å². The van der Waals surface area contributed by atoms with Crippen molar-refractivity contribution in [3.63, 3.8) is 0 Å². The maximum Gasteiger partial charge on any atom is 0.274 e. The summed E-state index contributed by atoms with van der Waals surface area (Å²) in [4.78, 5) is 12.7. The molecule has 3 aromatic rings. The van der Waals surface area contributed by atoms with Crippen molar-refractivity contribution in [3.05, 3.63) is 59.4 Å². The van der Waals surface area contributed by atoms with Crippen LogP contribution in [0.2, 0.25) is 0 Å². The van der Waals surface area contributed by atoms with Gasteiger partial charge in [-0.15, -0.1) is 5.10 Å². The number of aromatic nitrogens is 3. The Morgan fingerprint density at radius 2 is 1.93 bits per heavy atom. The topological polar surface area (TPSA) is 87.5 Å². The highest BCUT2D eigenvalue weighted by molar-refractivity contribution is 5.93. The molecule has 1 aromatic heterocycles. The van der Waals surface area contributed by atoms with Crippen LogP contribution in [-0.2, 0) is 6.54 Å². The average molecular weight is 410 g/mol. The number of nitrogens with one attached hydrogen (secondary N) is 1. The first-order valence-corrected chi connectivity index (χ1v) is 9.72. The van der Waals surface area contributed by atoms with Crippen molar-refractivity contribution >= 4 is 5.91 Å². The van der Waals surface area contributed by atoms with Crippen molar-refractivity contribution in [2.75, 3.05) is 20.8 Å². The summed E-state index contributed by atoms with van der Waals surface area (Å²) in [6, 6.07) is 13.0. The fraction of sp³-hybridized carbons (Fsp3) is 0.318. The van der Waals surface area contributed by atoms with Crippen LogP contribution in [0.3, 0.4) is 0 Å². The summed E-state index contributed by atoms with van der Waals surface area (Å²) in [5.74, 6) is 1.72. The lowest BCUT2D eigenvalue weighted by Crippen LogP contribution is -2.24. The molecular weight excluding hydrogens is 384 g/mol. The summed E-state index contributed by atoms with van der Waals surface area (Å²) < 4.78 is 17.9. The second-order valence-electron chi connectivity index (χ2n) is 6.65. The van der Waals surface area contributed by atoms with Gasteiger partial charge in [0.25, 0.3) is 5.91 Å². The number of carbonyl (C=O) groups excluding carboxylic acids is 1. The summed E-state index contributed by atoms with van der Waals surface area (Å²) in [5.41, 5.74) is 2.57. The van der Waals surface area contributed by atoms with Gasteiger partial charge < -0.3 is 19.5 Å². The van der Waals surface area contributed by atoms with E-state index in [1.165, 1.54) is 0 Å². The van der Waals surface area contributed by atoms with E-state index in [2.05, 4.69) is 15.6 Å². The number of methoxy groups -OCH3 is 2. The Balaban J connectivity index is 1.70. The Morgan fingerprint density at radius 3 is 2.67 bits per heavy atom. The molecule has 0 radical (unpaired) electrons. The molecule has 0 atom stereocenters. The minimum Gasteiger partial charge on any atom is -0.497 e. The van der Waals surface area contributed by atoms with E-state index in [-0.39, 0.29) is 11.6 Å². The second-order valence-corrected chi connectivity index (χ2v) is 6.65. The van der Waals surface area contributed by atoms with Crippen molar-refractivity contribution in [3.8, 4) is 22.9 Å². The molecule has 1 amide bonds. The van der Waals surface area contributed by atoms with Gasteiger partial charge in [0.1, 0.15) is 5.75 Å². The number of hydrogen-bond acceptors (Lipinski definition) is 6. The Bertz CT molecular complexity index is 1020. The normalized spacial score (nSPS) is 10.5. The van der Waals surface area contributed by atoms with Crippen LogP contribution < -0.4 is 19.5 Å². The van der Waals surface area contributed by atoms with Gasteiger partial charge >= 0.3 is 0 Å². The van der Waals surface area contributed by atoms with Gasteiger partial charge in [-0.25, -0.2) is 4.68 Å². The van der Waals surface area contributed by atoms with E-state index in [4.69, 9.17) is 14.2 Å². The standard InChI is InChI=1S/C22H26N4O4/c1-5-11-30-19-10-9-16(12-20(19)29-4)14-23-22(27)21-15(2)26(25-24-21)17-7-6-8-18(13-17)28-3/h6-10,12-13H,5,11,14H2,1-4H3,(H,23,27). The van der Waals surface area contributed by atoms with Crippen LogP contribution >= 0.6 is 0 Å². The third kappa shape index (κ3) is 4.71. The fourth-order valence-electron chi connectivity index (χ4n) is 2.95. The predicted octanol–water partition coefficient (Wildman–Crippen LogP) is 3.31. The van der Waals surface area contributed by atoms with Crippen LogP contribution in [0.5, 0.6) is 17.2 Å². The number of benzene rings is 2. The van der Waals surface area contributed by atoms with Gasteiger partial charge in [-0.2, -0.15) is 0 Å². The maximum absolute atomic E-state index is 12.7. The molecule has 2 aromatic carbocycles. The maximum atomic E-state index is 12.7. The van der Waals surface area contributed by atoms with E-state index in [1.807, 2.05) is 49.4 Å². The fourth-order valence-corrected chi connectivity index (χ4v) is 2.95. The highest BCUT2D eigenvalue weighted by Crippen LogP contribution is 2.28. The molecule has 0 unspecified atom stereocenters. The minimum atomic E-state index is -0.299. The third-order valence-electron chi connectivity index (χ3n) is 4.55. The van der Waals surface area contributed by atoms with Crippen LogP contribution in [0.25, 0.3) is 5.69 Å². The molecule has 0 fully saturated rings. The van der Waals surface area contributed by atoms with Gasteiger partial charge in [0.2, 0.25) is 0 Å². The lowest BCUT2D eigenvalue weighted by molar-refractivity contribution is 0.0945. The van der Waals surface area contributed by atoms with Crippen LogP contribution in [0.15, 0.2) is 42.5 Å². The molecule has 0 bridgehead atoms. The van der Waals surface area contributed by atoms with Gasteiger partial charge in [-0.05, 0) is 43.2 Å². The predicted molar refractivity (Wildman–Crippen MR) is 113 cm³/mol. The van der Waals surface area contributed by atoms with Crippen molar-refractivity contribution in [2.24, 2.45) is 0 Å². The van der Waals surface area contributed by atoms with E-state index in [0.717, 1.165) is 17.7 Å². The zero-order valence-electron chi connectivity index (χ0n) is 17.6. The van der Waals surface area contributed by atoms with E-state index in [1.54, 1.807) is 25.8 Å². The molecule has 0 saturated heterocycles. The summed E-state index contributed by atoms with van der Waals surface area (Å²) >= 11 is 0. The zero-order valence-corrected chi connectivity index (χ0v) is 17.6. The Morgan fingerprint density at radius 1 is 1.10 bits per heavy atom. The summed E-state index contributed by atoms with van der Waals surface area (Å²) in [6.07, 6.45) is 0.913. The first-order valence-electron chi connectivity index (χ1n) is 9.72. The highest BCUT2D eigenvalue weighted by atomic mass is 16.5. The van der Waals surface area contributed by atoms with Crippen LogP contribution in [0, 0.1) is 6.92 Å². The zero-order chi connectivity index (χ0) is 21.5. The van der Waals surface area contributed by atoms with Crippen molar-refractivity contribution in [2.45, 2.75) is 26.8 Å². The minimum absolute atomic E-state index is 0.271. The van der Waals surface area contributed by atoms with Gasteiger partial charge in [0, 0.05) is 12.6 Å². The largest absolute Gasteiger partial charge is 0.497 e. The van der Waals surface area contributed by atoms with Gasteiger partial charge in [-0.1, -0.05) is 24.3 Å². The second kappa shape index (κ2) is 9.78. The monoisotopic (exact) mass is 410 g/mol. The first kappa shape index (κ1) is 21.2. The van der Waals surface area contributed by atoms with Crippen molar-refractivity contribution in [1.82, 2.24) is 20.3 Å². The summed E-state index contributed by atoms with van der Waals surface area (Å²) in [6.45, 7) is 4.80. The molecule has 0 aliphatic heterocycles. The van der Waals surface area contributed by atoms with Gasteiger partial charge in [0.05, 0.1) is 32.2 Å². The van der Waals surface area contributed by atoms with Crippen LogP contribution in [0.1, 0.15) is 35.1 Å². The molecule has 1 heterocycles. The van der Waals surface area contributed by atoms with E-state index in [9.17, 15) is 4.79 Å². The quantitative estimate of drug-likeness (QED) is 0.582. The summed E-state index contributed by atoms with van der Waals surface area (Å²) in [5, 5.41) is 11.1. The highest BCUT2D eigenvalue weighted by Gasteiger charge is 2.17. The number of rotatable bonds is 9. The lowest BCUT2D eigenvalue weighted by atomic mass is 10.2. The molecular formula is C22H26N4O4. The van der Waals surface area contributed by atoms with Gasteiger partial charge in [-0.3, -0.25) is 4.79 Å².